The molecule has 146 valence electrons. The molecule has 28 heavy (non-hydrogen) atoms. The van der Waals surface area contributed by atoms with Gasteiger partial charge in [-0.05, 0) is 93.1 Å². The molecule has 0 aliphatic carbocycles. The third kappa shape index (κ3) is 4.73. The number of carbonyl (C=O) groups is 1. The number of hydrogen-bond donors (Lipinski definition) is 0. The van der Waals surface area contributed by atoms with Crippen molar-refractivity contribution in [1.82, 2.24) is 0 Å². The molecule has 0 aromatic heterocycles. The highest BCUT2D eigenvalue weighted by molar-refractivity contribution is 9.11. The Hall–Kier alpha value is -1.92. The molecule has 0 amide bonds. The number of ether oxygens (including phenoxy) is 2. The first-order valence-corrected chi connectivity index (χ1v) is 10.6. The summed E-state index contributed by atoms with van der Waals surface area (Å²) >= 11 is 7.04. The quantitative estimate of drug-likeness (QED) is 0.345. The molecule has 1 aliphatic rings. The molecule has 2 aromatic rings. The number of aliphatic imine (C=N–C) groups is 1. The lowest BCUT2D eigenvalue weighted by atomic mass is 10.0. The van der Waals surface area contributed by atoms with Gasteiger partial charge < -0.3 is 9.47 Å². The van der Waals surface area contributed by atoms with E-state index in [1.54, 1.807) is 6.08 Å². The van der Waals surface area contributed by atoms with Gasteiger partial charge in [0.25, 0.3) is 0 Å². The van der Waals surface area contributed by atoms with Crippen LogP contribution in [0.25, 0.3) is 6.08 Å². The Balaban J connectivity index is 1.89. The van der Waals surface area contributed by atoms with Crippen molar-refractivity contribution in [3.05, 3.63) is 67.7 Å². The average Bonchev–Trinajstić information content (AvgIpc) is 2.99. The first-order chi connectivity index (χ1) is 13.2. The van der Waals surface area contributed by atoms with Crippen LogP contribution >= 0.6 is 31.9 Å². The SMILES string of the molecule is CC(C)Oc1c(Br)cc(/C=C2\N=C(c3ccc(C(C)C)cc3)OC2=O)cc1Br. The standard InChI is InChI=1S/C22H21Br2NO3/c1-12(2)15-5-7-16(8-6-15)21-25-19(22(26)28-21)11-14-9-17(23)20(18(24)10-14)27-13(3)4/h5-13H,1-4H3/b19-11-. The number of benzene rings is 2. The van der Waals surface area contributed by atoms with Crippen LogP contribution in [0.4, 0.5) is 0 Å². The van der Waals surface area contributed by atoms with Crippen LogP contribution in [-0.4, -0.2) is 18.0 Å². The Morgan fingerprint density at radius 1 is 1.04 bits per heavy atom. The molecule has 0 atom stereocenters. The van der Waals surface area contributed by atoms with Crippen LogP contribution in [0.3, 0.4) is 0 Å². The van der Waals surface area contributed by atoms with Gasteiger partial charge in [-0.15, -0.1) is 0 Å². The van der Waals surface area contributed by atoms with Gasteiger partial charge >= 0.3 is 5.97 Å². The highest BCUT2D eigenvalue weighted by atomic mass is 79.9. The van der Waals surface area contributed by atoms with Gasteiger partial charge in [-0.25, -0.2) is 9.79 Å². The summed E-state index contributed by atoms with van der Waals surface area (Å²) in [4.78, 5) is 16.7. The Kier molecular flexibility index (Phi) is 6.40. The van der Waals surface area contributed by atoms with Crippen molar-refractivity contribution in [2.75, 3.05) is 0 Å². The zero-order valence-electron chi connectivity index (χ0n) is 16.1. The molecule has 0 saturated carbocycles. The molecule has 0 fully saturated rings. The van der Waals surface area contributed by atoms with Crippen molar-refractivity contribution in [2.24, 2.45) is 4.99 Å². The number of halogens is 2. The van der Waals surface area contributed by atoms with Crippen LogP contribution in [-0.2, 0) is 9.53 Å². The second-order valence-corrected chi connectivity index (χ2v) is 8.80. The van der Waals surface area contributed by atoms with Crippen molar-refractivity contribution in [1.29, 1.82) is 0 Å². The molecule has 6 heteroatoms. The third-order valence-corrected chi connectivity index (χ3v) is 5.30. The van der Waals surface area contributed by atoms with Gasteiger partial charge in [-0.1, -0.05) is 26.0 Å². The molecule has 1 heterocycles. The van der Waals surface area contributed by atoms with Crippen LogP contribution in [0, 0.1) is 0 Å². The first-order valence-electron chi connectivity index (χ1n) is 9.03. The van der Waals surface area contributed by atoms with E-state index in [0.717, 1.165) is 25.8 Å². The maximum atomic E-state index is 12.3. The predicted molar refractivity (Wildman–Crippen MR) is 119 cm³/mol. The van der Waals surface area contributed by atoms with Crippen molar-refractivity contribution < 1.29 is 14.3 Å². The zero-order valence-corrected chi connectivity index (χ0v) is 19.3. The lowest BCUT2D eigenvalue weighted by Crippen LogP contribution is -2.06. The van der Waals surface area contributed by atoms with Crippen LogP contribution in [0.15, 0.2) is 56.0 Å². The van der Waals surface area contributed by atoms with Gasteiger partial charge in [0.05, 0.1) is 15.0 Å². The summed E-state index contributed by atoms with van der Waals surface area (Å²) < 4.78 is 12.7. The minimum Gasteiger partial charge on any atom is -0.489 e. The number of rotatable bonds is 5. The summed E-state index contributed by atoms with van der Waals surface area (Å²) in [6.45, 7) is 8.20. The number of hydrogen-bond acceptors (Lipinski definition) is 4. The van der Waals surface area contributed by atoms with Gasteiger partial charge in [0.15, 0.2) is 5.70 Å². The molecule has 1 aliphatic heterocycles. The van der Waals surface area contributed by atoms with Crippen LogP contribution in [0.2, 0.25) is 0 Å². The molecular formula is C22H21Br2NO3. The molecule has 0 N–H and O–H groups in total. The van der Waals surface area contributed by atoms with Crippen molar-refractivity contribution in [2.45, 2.75) is 39.7 Å². The van der Waals surface area contributed by atoms with Gasteiger partial charge in [-0.2, -0.15) is 0 Å². The van der Waals surface area contributed by atoms with E-state index in [4.69, 9.17) is 9.47 Å². The van der Waals surface area contributed by atoms with E-state index in [-0.39, 0.29) is 11.8 Å². The topological polar surface area (TPSA) is 47.9 Å². The number of nitrogens with zero attached hydrogens (tertiary/aromatic N) is 1. The van der Waals surface area contributed by atoms with Gasteiger partial charge in [0.2, 0.25) is 5.90 Å². The minimum atomic E-state index is -0.460. The van der Waals surface area contributed by atoms with E-state index in [2.05, 4.69) is 50.7 Å². The highest BCUT2D eigenvalue weighted by Gasteiger charge is 2.24. The lowest BCUT2D eigenvalue weighted by Gasteiger charge is -2.14. The third-order valence-electron chi connectivity index (χ3n) is 4.12. The number of esters is 1. The normalized spacial score (nSPS) is 15.4. The van der Waals surface area contributed by atoms with Crippen molar-refractivity contribution in [3.63, 3.8) is 0 Å². The van der Waals surface area contributed by atoms with Crippen molar-refractivity contribution >= 4 is 49.8 Å². The van der Waals surface area contributed by atoms with Crippen LogP contribution < -0.4 is 4.74 Å². The summed E-state index contributed by atoms with van der Waals surface area (Å²) in [5, 5.41) is 0. The molecule has 4 nitrogen and oxygen atoms in total. The van der Waals surface area contributed by atoms with Crippen LogP contribution in [0.5, 0.6) is 5.75 Å². The summed E-state index contributed by atoms with van der Waals surface area (Å²) in [7, 11) is 0. The summed E-state index contributed by atoms with van der Waals surface area (Å²) in [6, 6.07) is 11.7. The van der Waals surface area contributed by atoms with E-state index in [1.165, 1.54) is 5.56 Å². The Labute approximate surface area is 181 Å². The monoisotopic (exact) mass is 505 g/mol. The fraction of sp³-hybridized carbons (Fsp3) is 0.273. The van der Waals surface area contributed by atoms with E-state index in [0.29, 0.717) is 11.8 Å². The lowest BCUT2D eigenvalue weighted by molar-refractivity contribution is -0.129. The minimum absolute atomic E-state index is 0.0517. The maximum absolute atomic E-state index is 12.3. The summed E-state index contributed by atoms with van der Waals surface area (Å²) in [5.74, 6) is 1.03. The summed E-state index contributed by atoms with van der Waals surface area (Å²) in [6.07, 6.45) is 1.75. The largest absolute Gasteiger partial charge is 0.489 e. The van der Waals surface area contributed by atoms with E-state index in [1.807, 2.05) is 50.2 Å². The molecule has 0 bridgehead atoms. The number of cyclic esters (lactones) is 1. The maximum Gasteiger partial charge on any atom is 0.363 e. The molecule has 0 unspecified atom stereocenters. The van der Waals surface area contributed by atoms with E-state index >= 15 is 0 Å². The summed E-state index contributed by atoms with van der Waals surface area (Å²) in [5.41, 5.74) is 3.08. The first kappa shape index (κ1) is 20.8. The average molecular weight is 507 g/mol. The second-order valence-electron chi connectivity index (χ2n) is 7.09. The second kappa shape index (κ2) is 8.62. The zero-order chi connectivity index (χ0) is 20.4. The Morgan fingerprint density at radius 2 is 1.64 bits per heavy atom. The molecule has 0 spiro atoms. The highest BCUT2D eigenvalue weighted by Crippen LogP contribution is 2.36. The Morgan fingerprint density at radius 3 is 2.18 bits per heavy atom. The van der Waals surface area contributed by atoms with Gasteiger partial charge in [-0.3, -0.25) is 0 Å². The van der Waals surface area contributed by atoms with E-state index in [9.17, 15) is 4.79 Å². The molecule has 3 rings (SSSR count). The van der Waals surface area contributed by atoms with Gasteiger partial charge in [0, 0.05) is 5.56 Å². The fourth-order valence-electron chi connectivity index (χ4n) is 2.71. The smallest absolute Gasteiger partial charge is 0.363 e. The Bertz CT molecular complexity index is 937. The van der Waals surface area contributed by atoms with Gasteiger partial charge in [0.1, 0.15) is 5.75 Å². The molecular weight excluding hydrogens is 486 g/mol. The fourth-order valence-corrected chi connectivity index (χ4v) is 4.12. The molecule has 0 saturated heterocycles. The van der Waals surface area contributed by atoms with Crippen molar-refractivity contribution in [3.8, 4) is 5.75 Å². The number of carbonyl (C=O) groups excluding carboxylic acids is 1. The predicted octanol–water partition coefficient (Wildman–Crippen LogP) is 6.47. The molecule has 0 radical (unpaired) electrons. The van der Waals surface area contributed by atoms with E-state index < -0.39 is 5.97 Å². The molecule has 2 aromatic carbocycles. The van der Waals surface area contributed by atoms with Crippen LogP contribution in [0.1, 0.15) is 50.3 Å².